The van der Waals surface area contributed by atoms with Crippen molar-refractivity contribution in [3.05, 3.63) is 63.6 Å². The number of allylic oxidation sites excluding steroid dienone is 2. The minimum absolute atomic E-state index is 0.234. The van der Waals surface area contributed by atoms with Crippen molar-refractivity contribution in [3.63, 3.8) is 0 Å². The quantitative estimate of drug-likeness (QED) is 0.258. The van der Waals surface area contributed by atoms with Gasteiger partial charge in [0.05, 0.1) is 17.4 Å². The summed E-state index contributed by atoms with van der Waals surface area (Å²) < 4.78 is 5.36. The molecule has 0 fully saturated rings. The number of aromatic amines is 1. The first-order valence-electron chi connectivity index (χ1n) is 10.3. The summed E-state index contributed by atoms with van der Waals surface area (Å²) in [6.07, 6.45) is 8.21. The van der Waals surface area contributed by atoms with Gasteiger partial charge in [-0.1, -0.05) is 17.3 Å². The smallest absolute Gasteiger partial charge is 0.261 e. The van der Waals surface area contributed by atoms with Crippen LogP contribution in [0.4, 0.5) is 5.69 Å². The van der Waals surface area contributed by atoms with Gasteiger partial charge in [-0.25, -0.2) is 5.53 Å². The fourth-order valence-corrected chi connectivity index (χ4v) is 5.30. The number of aromatic nitrogens is 3. The molecule has 0 bridgehead atoms. The molecule has 3 N–H and O–H groups in total. The molecule has 1 aliphatic carbocycles. The Morgan fingerprint density at radius 1 is 1.36 bits per heavy atom. The van der Waals surface area contributed by atoms with E-state index in [2.05, 4.69) is 56.6 Å². The van der Waals surface area contributed by atoms with Crippen LogP contribution in [-0.2, 0) is 19.0 Å². The number of nitrogens with zero attached hydrogens (tertiary/aromatic N) is 3. The summed E-state index contributed by atoms with van der Waals surface area (Å²) in [6, 6.07) is 6.02. The lowest BCUT2D eigenvalue weighted by molar-refractivity contribution is 0.102. The first kappa shape index (κ1) is 21.4. The van der Waals surface area contributed by atoms with Crippen LogP contribution in [-0.4, -0.2) is 21.3 Å². The maximum Gasteiger partial charge on any atom is 0.261 e. The molecule has 33 heavy (non-hydrogen) atoms. The largest absolute Gasteiger partial charge is 0.350 e. The Labute approximate surface area is 198 Å². The molecule has 0 saturated carbocycles. The Kier molecular flexibility index (Phi) is 5.47. The second-order valence-corrected chi connectivity index (χ2v) is 9.42. The molecule has 1 aliphatic rings. The summed E-state index contributed by atoms with van der Waals surface area (Å²) in [6.45, 7) is 3.34. The molecule has 0 unspecified atom stereocenters. The summed E-state index contributed by atoms with van der Waals surface area (Å²) >= 11 is 5.19. The average molecular weight is 478 g/mol. The molecule has 8 nitrogen and oxygen atoms in total. The van der Waals surface area contributed by atoms with Crippen LogP contribution < -0.4 is 5.32 Å². The molecular formula is C23H21N6O2S2+. The second kappa shape index (κ2) is 8.45. The Morgan fingerprint density at radius 3 is 3.00 bits per heavy atom. The molecule has 0 atom stereocenters. The maximum atomic E-state index is 13.3. The van der Waals surface area contributed by atoms with Crippen molar-refractivity contribution in [1.82, 2.24) is 15.4 Å². The third kappa shape index (κ3) is 3.81. The normalized spacial score (nSPS) is 13.7. The third-order valence-corrected chi connectivity index (χ3v) is 7.43. The highest BCUT2D eigenvalue weighted by atomic mass is 32.1. The monoisotopic (exact) mass is 477 g/mol. The van der Waals surface area contributed by atoms with Gasteiger partial charge in [0.2, 0.25) is 10.7 Å². The molecule has 0 aliphatic heterocycles. The van der Waals surface area contributed by atoms with Crippen LogP contribution in [0.25, 0.3) is 32.3 Å². The molecule has 3 heterocycles. The molecule has 0 saturated heterocycles. The van der Waals surface area contributed by atoms with E-state index in [1.807, 2.05) is 12.1 Å². The van der Waals surface area contributed by atoms with Gasteiger partial charge in [-0.2, -0.15) is 10.2 Å². The third-order valence-electron chi connectivity index (χ3n) is 5.60. The van der Waals surface area contributed by atoms with E-state index in [0.717, 1.165) is 34.2 Å². The van der Waals surface area contributed by atoms with Gasteiger partial charge in [0.1, 0.15) is 11.3 Å². The van der Waals surface area contributed by atoms with Crippen molar-refractivity contribution in [2.45, 2.75) is 26.7 Å². The molecule has 3 aromatic heterocycles. The number of hydrogen-bond acceptors (Lipinski definition) is 7. The van der Waals surface area contributed by atoms with E-state index < -0.39 is 0 Å². The average Bonchev–Trinajstić information content (AvgIpc) is 3.54. The van der Waals surface area contributed by atoms with Crippen LogP contribution >= 0.6 is 11.3 Å². The molecule has 0 spiro atoms. The molecule has 10 heteroatoms. The van der Waals surface area contributed by atoms with Crippen LogP contribution in [0.2, 0.25) is 0 Å². The fraction of sp³-hybridized carbons (Fsp3) is 0.174. The Bertz CT molecular complexity index is 1470. The highest BCUT2D eigenvalue weighted by molar-refractivity contribution is 7.70. The van der Waals surface area contributed by atoms with Gasteiger partial charge in [0, 0.05) is 39.0 Å². The van der Waals surface area contributed by atoms with E-state index in [4.69, 9.17) is 10.1 Å². The number of amides is 1. The highest BCUT2D eigenvalue weighted by Crippen LogP contribution is 2.39. The van der Waals surface area contributed by atoms with Gasteiger partial charge < -0.3 is 9.84 Å². The van der Waals surface area contributed by atoms with E-state index in [0.29, 0.717) is 22.0 Å². The lowest BCUT2D eigenvalue weighted by Crippen LogP contribution is -2.14. The van der Waals surface area contributed by atoms with Crippen molar-refractivity contribution < 1.29 is 9.32 Å². The number of H-pyrrole nitrogens is 1. The van der Waals surface area contributed by atoms with Gasteiger partial charge in [0.15, 0.2) is 0 Å². The second-order valence-electron chi connectivity index (χ2n) is 7.79. The first-order valence-corrected chi connectivity index (χ1v) is 11.6. The van der Waals surface area contributed by atoms with E-state index in [1.165, 1.54) is 10.4 Å². The zero-order chi connectivity index (χ0) is 23.1. The summed E-state index contributed by atoms with van der Waals surface area (Å²) in [7, 11) is 0. The van der Waals surface area contributed by atoms with Crippen molar-refractivity contribution in [2.24, 2.45) is 5.11 Å². The fourth-order valence-electron chi connectivity index (χ4n) is 3.88. The van der Waals surface area contributed by atoms with Gasteiger partial charge in [-0.15, -0.1) is 11.3 Å². The van der Waals surface area contributed by atoms with Gasteiger partial charge >= 0.3 is 0 Å². The van der Waals surface area contributed by atoms with Crippen LogP contribution in [0.5, 0.6) is 0 Å². The number of carbonyl (C=O) groups excluding carboxylic acids is 1. The van der Waals surface area contributed by atoms with Crippen LogP contribution in [0.1, 0.15) is 45.6 Å². The molecule has 1 aromatic carbocycles. The molecule has 4 aromatic rings. The lowest BCUT2D eigenvalue weighted by Gasteiger charge is -2.08. The first-order chi connectivity index (χ1) is 16.0. The van der Waals surface area contributed by atoms with E-state index >= 15 is 0 Å². The minimum Gasteiger partial charge on any atom is -0.350 e. The molecule has 166 valence electrons. The number of thiophene rings is 1. The Morgan fingerprint density at radius 2 is 2.21 bits per heavy atom. The van der Waals surface area contributed by atoms with Gasteiger partial charge in [0.25, 0.3) is 5.91 Å². The zero-order valence-corrected chi connectivity index (χ0v) is 19.8. The standard InChI is InChI=1S/C23H20N6O2S2/c1-11-19(21(31-29-11)22(32)12(2)27-24)23(30)26-15-7-14-10-25-28-20(14)16(9-15)18-8-13-5-3-4-6-17(13)33-18/h3,5,7-10,24,32H,4,6H2,1-2H3,(H,25,28)(H,26,30)/p+1/b22-12-,27-24?. The summed E-state index contributed by atoms with van der Waals surface area (Å²) in [5, 5.41) is 18.5. The summed E-state index contributed by atoms with van der Waals surface area (Å²) in [5.41, 5.74) is 12.1. The number of anilines is 1. The zero-order valence-electron chi connectivity index (χ0n) is 17.9. The lowest BCUT2D eigenvalue weighted by atomic mass is 10.0. The SMILES string of the molecule is C/C(N=N)=C(/[SH2+])c1onc(C)c1C(=O)Nc1cc(-c2cc3c(s2)CCC=C3)c2[nH]ncc2c1. The van der Waals surface area contributed by atoms with Crippen molar-refractivity contribution in [2.75, 3.05) is 5.32 Å². The van der Waals surface area contributed by atoms with Crippen molar-refractivity contribution >= 4 is 57.4 Å². The van der Waals surface area contributed by atoms with Gasteiger partial charge in [-0.05, 0) is 50.5 Å². The van der Waals surface area contributed by atoms with Crippen molar-refractivity contribution in [1.29, 1.82) is 5.53 Å². The predicted octanol–water partition coefficient (Wildman–Crippen LogP) is 5.53. The van der Waals surface area contributed by atoms with Crippen LogP contribution in [0.3, 0.4) is 0 Å². The number of aryl methyl sites for hydroxylation is 2. The Balaban J connectivity index is 1.55. The van der Waals surface area contributed by atoms with Crippen LogP contribution in [0.15, 0.2) is 45.8 Å². The van der Waals surface area contributed by atoms with Crippen molar-refractivity contribution in [3.8, 4) is 10.4 Å². The minimum atomic E-state index is -0.362. The Hall–Kier alpha value is -3.50. The molecule has 0 radical (unpaired) electrons. The molecule has 1 amide bonds. The van der Waals surface area contributed by atoms with E-state index in [1.54, 1.807) is 31.4 Å². The number of benzene rings is 1. The van der Waals surface area contributed by atoms with Gasteiger partial charge in [-0.3, -0.25) is 9.89 Å². The molecule has 5 rings (SSSR count). The topological polar surface area (TPSA) is 120 Å². The van der Waals surface area contributed by atoms with E-state index in [-0.39, 0.29) is 17.2 Å². The maximum absolute atomic E-state index is 13.3. The summed E-state index contributed by atoms with van der Waals surface area (Å²) in [4.78, 5) is 16.1. The molecular weight excluding hydrogens is 456 g/mol. The number of nitrogens with one attached hydrogen (secondary N) is 3. The highest BCUT2D eigenvalue weighted by Gasteiger charge is 2.27. The summed E-state index contributed by atoms with van der Waals surface area (Å²) in [5.74, 6) is -0.128. The number of fused-ring (bicyclic) bond motifs is 2. The number of carbonyl (C=O) groups is 1. The van der Waals surface area contributed by atoms with Crippen LogP contribution in [0, 0.1) is 12.5 Å². The number of rotatable bonds is 5. The van der Waals surface area contributed by atoms with E-state index in [9.17, 15) is 4.79 Å². The predicted molar refractivity (Wildman–Crippen MR) is 134 cm³/mol. The number of hydrogen-bond donors (Lipinski definition) is 3.